The Hall–Kier alpha value is -2.94. The number of anilines is 1. The second-order valence-corrected chi connectivity index (χ2v) is 8.94. The number of hydrogen-bond donors (Lipinski definition) is 4. The van der Waals surface area contributed by atoms with Gasteiger partial charge in [0, 0.05) is 19.0 Å². The molecule has 2 aromatic rings. The van der Waals surface area contributed by atoms with Crippen LogP contribution in [0.25, 0.3) is 0 Å². The number of aliphatic hydroxyl groups is 2. The van der Waals surface area contributed by atoms with Gasteiger partial charge in [0.1, 0.15) is 18.0 Å². The highest BCUT2D eigenvalue weighted by Gasteiger charge is 2.33. The first-order valence-electron chi connectivity index (χ1n) is 11.9. The number of carbonyl (C=O) groups is 2. The van der Waals surface area contributed by atoms with E-state index in [1.807, 2.05) is 0 Å². The summed E-state index contributed by atoms with van der Waals surface area (Å²) in [5.41, 5.74) is 6.69. The normalized spacial score (nSPS) is 16.4. The summed E-state index contributed by atoms with van der Waals surface area (Å²) in [5.74, 6) is -1.75. The lowest BCUT2D eigenvalue weighted by Gasteiger charge is -2.30. The van der Waals surface area contributed by atoms with Crippen LogP contribution in [0.3, 0.4) is 0 Å². The smallest absolute Gasteiger partial charge is 0.358 e. The molecule has 2 aromatic carbocycles. The van der Waals surface area contributed by atoms with Crippen LogP contribution in [0.4, 0.5) is 5.69 Å². The number of benzene rings is 2. The van der Waals surface area contributed by atoms with Gasteiger partial charge in [-0.2, -0.15) is 0 Å². The van der Waals surface area contributed by atoms with E-state index < -0.39 is 24.6 Å². The molecule has 1 aliphatic carbocycles. The highest BCUT2D eigenvalue weighted by Crippen LogP contribution is 2.40. The minimum absolute atomic E-state index is 0.0436. The Morgan fingerprint density at radius 2 is 1.79 bits per heavy atom. The Morgan fingerprint density at radius 3 is 2.38 bits per heavy atom. The third kappa shape index (κ3) is 4.66. The van der Waals surface area contributed by atoms with Crippen LogP contribution in [0.1, 0.15) is 59.8 Å². The van der Waals surface area contributed by atoms with Crippen molar-refractivity contribution in [1.82, 2.24) is 5.32 Å². The number of rotatable bonds is 8. The van der Waals surface area contributed by atoms with E-state index in [1.54, 1.807) is 6.07 Å². The van der Waals surface area contributed by atoms with Gasteiger partial charge in [0.15, 0.2) is 0 Å². The topological polar surface area (TPSA) is 119 Å². The molecule has 2 aliphatic rings. The number of carbonyl (C=O) groups excluding carboxylic acids is 2. The zero-order valence-corrected chi connectivity index (χ0v) is 19.6. The fourth-order valence-corrected chi connectivity index (χ4v) is 5.09. The molecule has 0 bridgehead atoms. The quantitative estimate of drug-likeness (QED) is 0.468. The van der Waals surface area contributed by atoms with Gasteiger partial charge in [0.2, 0.25) is 0 Å². The molecule has 1 atom stereocenters. The zero-order valence-electron chi connectivity index (χ0n) is 19.6. The first-order chi connectivity index (χ1) is 16.4. The first-order valence-corrected chi connectivity index (χ1v) is 11.9. The lowest BCUT2D eigenvalue weighted by atomic mass is 9.93. The molecule has 4 N–H and O–H groups in total. The fraction of sp³-hybridized carbons (Fsp3) is 0.462. The van der Waals surface area contributed by atoms with Gasteiger partial charge >= 0.3 is 5.97 Å². The molecule has 1 aliphatic heterocycles. The van der Waals surface area contributed by atoms with Crippen molar-refractivity contribution in [3.63, 3.8) is 0 Å². The molecule has 8 heteroatoms. The average Bonchev–Trinajstić information content (AvgIpc) is 3.24. The average molecular weight is 469 g/mol. The van der Waals surface area contributed by atoms with Gasteiger partial charge in [0.05, 0.1) is 6.10 Å². The lowest BCUT2D eigenvalue weighted by molar-refractivity contribution is -0.153. The summed E-state index contributed by atoms with van der Waals surface area (Å²) >= 11 is 0. The summed E-state index contributed by atoms with van der Waals surface area (Å²) in [6.07, 6.45) is 3.34. The van der Waals surface area contributed by atoms with Gasteiger partial charge < -0.3 is 25.5 Å². The second-order valence-electron chi connectivity index (χ2n) is 8.94. The van der Waals surface area contributed by atoms with Crippen LogP contribution in [0.2, 0.25) is 0 Å². The van der Waals surface area contributed by atoms with Crippen LogP contribution in [0.5, 0.6) is 5.75 Å². The van der Waals surface area contributed by atoms with Crippen molar-refractivity contribution in [3.8, 4) is 5.75 Å². The van der Waals surface area contributed by atoms with E-state index in [2.05, 4.69) is 31.3 Å². The van der Waals surface area contributed by atoms with E-state index in [1.165, 1.54) is 28.3 Å². The van der Waals surface area contributed by atoms with Crippen LogP contribution < -0.4 is 10.4 Å². The fourth-order valence-electron chi connectivity index (χ4n) is 5.09. The van der Waals surface area contributed by atoms with Crippen molar-refractivity contribution in [2.45, 2.75) is 64.5 Å². The van der Waals surface area contributed by atoms with Crippen molar-refractivity contribution in [2.75, 3.05) is 18.2 Å². The molecule has 8 nitrogen and oxygen atoms in total. The number of nitrogens with zero attached hydrogens (tertiary/aromatic N) is 1. The molecule has 1 amide bonds. The number of aromatic hydroxyl groups is 1. The third-order valence-corrected chi connectivity index (χ3v) is 6.81. The van der Waals surface area contributed by atoms with E-state index in [-0.39, 0.29) is 23.9 Å². The molecule has 0 radical (unpaired) electrons. The molecule has 0 aromatic heterocycles. The second kappa shape index (κ2) is 10.1. The predicted octanol–water partition coefficient (Wildman–Crippen LogP) is 2.04. The Balaban J connectivity index is 1.48. The van der Waals surface area contributed by atoms with Gasteiger partial charge in [-0.3, -0.25) is 4.79 Å². The van der Waals surface area contributed by atoms with Crippen LogP contribution in [-0.4, -0.2) is 46.4 Å². The third-order valence-electron chi connectivity index (χ3n) is 6.81. The molecule has 0 saturated carbocycles. The number of hydrogen-bond acceptors (Lipinski definition) is 7. The predicted molar refractivity (Wildman–Crippen MR) is 126 cm³/mol. The Kier molecular flexibility index (Phi) is 7.21. The van der Waals surface area contributed by atoms with Crippen LogP contribution in [0.15, 0.2) is 24.3 Å². The SMILES string of the molecule is CCc1cc2c(cc1CC)CC(NCC(O)c1ccc(O)c3c1CCC(=O)N3OC(=O)CO)C2. The highest BCUT2D eigenvalue weighted by atomic mass is 16.7. The van der Waals surface area contributed by atoms with Crippen molar-refractivity contribution in [1.29, 1.82) is 0 Å². The van der Waals surface area contributed by atoms with E-state index in [0.717, 1.165) is 30.7 Å². The van der Waals surface area contributed by atoms with Crippen molar-refractivity contribution < 1.29 is 29.7 Å². The molecule has 182 valence electrons. The minimum Gasteiger partial charge on any atom is -0.506 e. The van der Waals surface area contributed by atoms with Gasteiger partial charge in [-0.25, -0.2) is 4.79 Å². The number of fused-ring (bicyclic) bond motifs is 2. The molecule has 0 saturated heterocycles. The molecule has 4 rings (SSSR count). The van der Waals surface area contributed by atoms with E-state index in [9.17, 15) is 19.8 Å². The van der Waals surface area contributed by atoms with Gasteiger partial charge in [0.25, 0.3) is 5.91 Å². The largest absolute Gasteiger partial charge is 0.506 e. The number of hydroxylamine groups is 1. The summed E-state index contributed by atoms with van der Waals surface area (Å²) in [4.78, 5) is 28.9. The maximum atomic E-state index is 12.3. The van der Waals surface area contributed by atoms with Crippen molar-refractivity contribution in [3.05, 3.63) is 57.6 Å². The molecule has 0 spiro atoms. The van der Waals surface area contributed by atoms with E-state index in [4.69, 9.17) is 9.94 Å². The summed E-state index contributed by atoms with van der Waals surface area (Å²) in [5, 5.41) is 34.6. The summed E-state index contributed by atoms with van der Waals surface area (Å²) in [6.45, 7) is 3.77. The maximum absolute atomic E-state index is 12.3. The summed E-state index contributed by atoms with van der Waals surface area (Å²) in [7, 11) is 0. The summed E-state index contributed by atoms with van der Waals surface area (Å²) < 4.78 is 0. The van der Waals surface area contributed by atoms with Crippen LogP contribution in [0, 0.1) is 0 Å². The van der Waals surface area contributed by atoms with Gasteiger partial charge in [-0.05, 0) is 71.6 Å². The number of aliphatic hydroxyl groups excluding tert-OH is 2. The standard InChI is InChI=1S/C26H32N2O6/c1-3-15-9-17-11-19(12-18(17)10-16(15)4-2)27-13-23(31)20-5-7-22(30)26-21(20)6-8-24(32)28(26)34-25(33)14-29/h5,7,9-10,19,23,27,29-31H,3-4,6,8,11-14H2,1-2H3. The highest BCUT2D eigenvalue weighted by molar-refractivity contribution is 5.98. The molecular formula is C26H32N2O6. The van der Waals surface area contributed by atoms with E-state index in [0.29, 0.717) is 24.1 Å². The van der Waals surface area contributed by atoms with E-state index >= 15 is 0 Å². The Labute approximate surface area is 199 Å². The maximum Gasteiger partial charge on any atom is 0.358 e. The van der Waals surface area contributed by atoms with Gasteiger partial charge in [-0.1, -0.05) is 32.0 Å². The van der Waals surface area contributed by atoms with Crippen molar-refractivity contribution >= 4 is 17.6 Å². The number of nitrogens with one attached hydrogen (secondary N) is 1. The number of amides is 1. The van der Waals surface area contributed by atoms with Crippen molar-refractivity contribution in [2.24, 2.45) is 0 Å². The van der Waals surface area contributed by atoms with Crippen LogP contribution in [-0.2, 0) is 46.5 Å². The lowest BCUT2D eigenvalue weighted by Crippen LogP contribution is -2.39. The Morgan fingerprint density at radius 1 is 1.15 bits per heavy atom. The van der Waals surface area contributed by atoms with Crippen LogP contribution >= 0.6 is 0 Å². The zero-order chi connectivity index (χ0) is 24.4. The molecule has 1 heterocycles. The molecule has 34 heavy (non-hydrogen) atoms. The molecule has 1 unspecified atom stereocenters. The first kappa shape index (κ1) is 24.2. The minimum atomic E-state index is -1.01. The van der Waals surface area contributed by atoms with Gasteiger partial charge in [-0.15, -0.1) is 5.06 Å². The molecule has 0 fully saturated rings. The Bertz CT molecular complexity index is 1070. The molecular weight excluding hydrogens is 436 g/mol. The number of phenolic OH excluding ortho intramolecular Hbond substituents is 1. The number of phenols is 1. The number of aryl methyl sites for hydroxylation is 2. The monoisotopic (exact) mass is 468 g/mol. The summed E-state index contributed by atoms with van der Waals surface area (Å²) in [6, 6.07) is 7.87.